The minimum atomic E-state index is -5.39. The van der Waals surface area contributed by atoms with Gasteiger partial charge >= 0.3 is 43.3 Å². The zero-order chi connectivity index (χ0) is 9.00. The van der Waals surface area contributed by atoms with Crippen LogP contribution in [-0.4, -0.2) is 5.48 Å². The SMILES string of the molecule is O.O=P([O-])([O-])[O-].O=P([O-])([O-])[O-].[Cu+2].[Zr+4]. The van der Waals surface area contributed by atoms with E-state index in [1.54, 1.807) is 0 Å². The summed E-state index contributed by atoms with van der Waals surface area (Å²) in [7, 11) is -10.8. The first-order valence-corrected chi connectivity index (χ1v) is 4.38. The number of rotatable bonds is 0. The van der Waals surface area contributed by atoms with E-state index in [1.807, 2.05) is 0 Å². The molecule has 0 fully saturated rings. The summed E-state index contributed by atoms with van der Waals surface area (Å²) < 4.78 is 17.1. The van der Waals surface area contributed by atoms with Crippen molar-refractivity contribution in [3.63, 3.8) is 0 Å². The fraction of sp³-hybridized carbons (Fsp3) is 0. The molecule has 81 valence electrons. The van der Waals surface area contributed by atoms with Gasteiger partial charge in [-0.3, -0.25) is 0 Å². The van der Waals surface area contributed by atoms with E-state index in [0.29, 0.717) is 0 Å². The third-order valence-electron chi connectivity index (χ3n) is 0. The van der Waals surface area contributed by atoms with Crippen LogP contribution in [-0.2, 0) is 52.4 Å². The van der Waals surface area contributed by atoms with Gasteiger partial charge in [-0.05, 0) is 0 Å². The molecule has 0 atom stereocenters. The summed E-state index contributed by atoms with van der Waals surface area (Å²) in [6.07, 6.45) is 0. The molecule has 0 spiro atoms. The van der Waals surface area contributed by atoms with E-state index < -0.39 is 15.6 Å². The molecule has 0 rings (SSSR count). The van der Waals surface area contributed by atoms with Crippen LogP contribution >= 0.6 is 15.6 Å². The zero-order valence-electron chi connectivity index (χ0n) is 5.46. The molecule has 0 bridgehead atoms. The Bertz CT molecular complexity index is 130. The third-order valence-corrected chi connectivity index (χ3v) is 0. The molecule has 0 aromatic heterocycles. The van der Waals surface area contributed by atoms with Gasteiger partial charge in [0, 0.05) is 0 Å². The first kappa shape index (κ1) is 29.3. The van der Waals surface area contributed by atoms with Crippen LogP contribution in [0.4, 0.5) is 0 Å². The summed E-state index contributed by atoms with van der Waals surface area (Å²) in [5.41, 5.74) is 0. The van der Waals surface area contributed by atoms with Crippen LogP contribution in [0.2, 0.25) is 0 Å². The van der Waals surface area contributed by atoms with Crippen molar-refractivity contribution in [1.29, 1.82) is 0 Å². The summed E-state index contributed by atoms with van der Waals surface area (Å²) >= 11 is 0. The van der Waals surface area contributed by atoms with Gasteiger partial charge in [-0.15, -0.1) is 0 Å². The Hall–Kier alpha value is 1.58. The molecule has 0 unspecified atom stereocenters. The molecule has 13 heteroatoms. The van der Waals surface area contributed by atoms with E-state index in [4.69, 9.17) is 38.5 Å². The minimum absolute atomic E-state index is 0. The van der Waals surface area contributed by atoms with E-state index >= 15 is 0 Å². The molecule has 0 amide bonds. The number of hydrogen-bond donors (Lipinski definition) is 0. The van der Waals surface area contributed by atoms with Gasteiger partial charge in [-0.1, -0.05) is 0 Å². The predicted octanol–water partition coefficient (Wildman–Crippen LogP) is -6.48. The third kappa shape index (κ3) is 728. The number of phosphoric acid groups is 2. The summed E-state index contributed by atoms with van der Waals surface area (Å²) in [6.45, 7) is 0. The van der Waals surface area contributed by atoms with Crippen molar-refractivity contribution in [3.05, 3.63) is 0 Å². The van der Waals surface area contributed by atoms with E-state index in [0.717, 1.165) is 0 Å². The van der Waals surface area contributed by atoms with Gasteiger partial charge in [-0.2, -0.15) is 15.6 Å². The van der Waals surface area contributed by atoms with Gasteiger partial charge in [0.2, 0.25) is 0 Å². The van der Waals surface area contributed by atoms with E-state index in [9.17, 15) is 0 Å². The second kappa shape index (κ2) is 11.7. The Labute approximate surface area is 103 Å². The molecule has 0 saturated heterocycles. The molecule has 0 aliphatic rings. The first-order valence-electron chi connectivity index (χ1n) is 1.46. The zero-order valence-corrected chi connectivity index (χ0v) is 10.7. The molecular formula is H2CuO9P2Zr. The summed E-state index contributed by atoms with van der Waals surface area (Å²) in [5.74, 6) is 0. The molecule has 0 aliphatic carbocycles. The maximum Gasteiger partial charge on any atom is 4.00 e. The molecule has 0 aromatic rings. The van der Waals surface area contributed by atoms with Crippen molar-refractivity contribution >= 4 is 15.6 Å². The van der Waals surface area contributed by atoms with Gasteiger partial charge in [0.05, 0.1) is 0 Å². The molecule has 2 N–H and O–H groups in total. The Morgan fingerprint density at radius 1 is 0.692 bits per heavy atom. The van der Waals surface area contributed by atoms with Crippen molar-refractivity contribution in [3.8, 4) is 0 Å². The summed E-state index contributed by atoms with van der Waals surface area (Å²) in [6, 6.07) is 0. The van der Waals surface area contributed by atoms with Gasteiger partial charge in [0.1, 0.15) is 0 Å². The average molecular weight is 363 g/mol. The number of hydrogen-bond acceptors (Lipinski definition) is 8. The van der Waals surface area contributed by atoms with Crippen LogP contribution in [0, 0.1) is 0 Å². The molecule has 0 aromatic carbocycles. The Balaban J connectivity index is -0.0000000267. The van der Waals surface area contributed by atoms with Gasteiger partial charge in [-0.25, -0.2) is 0 Å². The van der Waals surface area contributed by atoms with Crippen molar-refractivity contribution < 1.29 is 87.2 Å². The average Bonchev–Trinajstić information content (AvgIpc) is 1.12. The fourth-order valence-corrected chi connectivity index (χ4v) is 0. The van der Waals surface area contributed by atoms with E-state index in [-0.39, 0.29) is 48.7 Å². The van der Waals surface area contributed by atoms with Crippen LogP contribution in [0.3, 0.4) is 0 Å². The van der Waals surface area contributed by atoms with Crippen LogP contribution in [0.15, 0.2) is 0 Å². The van der Waals surface area contributed by atoms with Crippen molar-refractivity contribution in [2.75, 3.05) is 0 Å². The van der Waals surface area contributed by atoms with E-state index in [1.165, 1.54) is 0 Å². The van der Waals surface area contributed by atoms with Crippen molar-refractivity contribution in [2.45, 2.75) is 0 Å². The molecule has 13 heavy (non-hydrogen) atoms. The molecule has 0 aliphatic heterocycles. The van der Waals surface area contributed by atoms with Crippen LogP contribution in [0.5, 0.6) is 0 Å². The predicted molar refractivity (Wildman–Crippen MR) is 18.8 cm³/mol. The van der Waals surface area contributed by atoms with Crippen LogP contribution < -0.4 is 29.4 Å². The fourth-order valence-electron chi connectivity index (χ4n) is 0. The maximum absolute atomic E-state index is 8.55. The topological polar surface area (TPSA) is 204 Å². The summed E-state index contributed by atoms with van der Waals surface area (Å²) in [5, 5.41) is 0. The summed E-state index contributed by atoms with van der Waals surface area (Å²) in [4.78, 5) is 51.3. The van der Waals surface area contributed by atoms with Crippen molar-refractivity contribution in [1.82, 2.24) is 0 Å². The van der Waals surface area contributed by atoms with Gasteiger partial charge in [0.15, 0.2) is 0 Å². The molecule has 9 nitrogen and oxygen atoms in total. The van der Waals surface area contributed by atoms with E-state index in [2.05, 4.69) is 0 Å². The normalized spacial score (nSPS) is 9.08. The quantitative estimate of drug-likeness (QED) is 0.298. The second-order valence-electron chi connectivity index (χ2n) is 0.894. The molecular weight excluding hydrogens is 361 g/mol. The Kier molecular flexibility index (Phi) is 26.3. The molecule has 0 saturated carbocycles. The van der Waals surface area contributed by atoms with Crippen LogP contribution in [0.1, 0.15) is 0 Å². The Morgan fingerprint density at radius 2 is 0.692 bits per heavy atom. The minimum Gasteiger partial charge on any atom is -0.822 e. The smallest absolute Gasteiger partial charge is 0.822 e. The Morgan fingerprint density at radius 3 is 0.692 bits per heavy atom. The largest absolute Gasteiger partial charge is 4.00 e. The second-order valence-corrected chi connectivity index (χ2v) is 2.68. The van der Waals surface area contributed by atoms with Crippen molar-refractivity contribution in [2.24, 2.45) is 0 Å². The van der Waals surface area contributed by atoms with Crippen LogP contribution in [0.25, 0.3) is 0 Å². The standard InChI is InChI=1S/Cu.2H3O4P.H2O.Zr/c;2*1-5(2,3)4;;/h;2*(H3,1,2,3,4);1H2;/q+2;;;;+4/p-6. The first-order chi connectivity index (χ1) is 4.00. The maximum atomic E-state index is 8.55. The van der Waals surface area contributed by atoms with Gasteiger partial charge < -0.3 is 44.0 Å². The molecule has 0 heterocycles. The monoisotopic (exact) mass is 361 g/mol. The molecule has 1 radical (unpaired) electrons. The van der Waals surface area contributed by atoms with Gasteiger partial charge in [0.25, 0.3) is 0 Å².